The number of ketones is 1. The number of nitrogens with zero attached hydrogens (tertiary/aromatic N) is 1. The molecule has 5 aliphatic rings. The smallest absolute Gasteiger partial charge is 0.175 e. The fraction of sp³-hybridized carbons (Fsp3) is 0.958. The van der Waals surface area contributed by atoms with Crippen molar-refractivity contribution in [3.8, 4) is 0 Å². The Morgan fingerprint density at radius 3 is 2.48 bits per heavy atom. The third-order valence-electron chi connectivity index (χ3n) is 9.52. The van der Waals surface area contributed by atoms with Gasteiger partial charge in [0.25, 0.3) is 0 Å². The molecule has 2 N–H and O–H groups in total. The molecule has 1 spiro atoms. The first-order valence-electron chi connectivity index (χ1n) is 12.5. The summed E-state index contributed by atoms with van der Waals surface area (Å²) in [5.74, 6) is -0.697. The van der Waals surface area contributed by atoms with Crippen molar-refractivity contribution in [1.29, 1.82) is 0 Å². The molecule has 0 bridgehead atoms. The quantitative estimate of drug-likeness (QED) is 0.589. The van der Waals surface area contributed by atoms with Crippen LogP contribution < -0.4 is 5.43 Å². The maximum atomic E-state index is 14.1. The molecule has 3 aliphatic carbocycles. The zero-order valence-electron chi connectivity index (χ0n) is 20.0. The van der Waals surface area contributed by atoms with Crippen molar-refractivity contribution >= 4 is 17.4 Å². The first kappa shape index (κ1) is 24.3. The normalized spacial score (nSPS) is 55.1. The number of ether oxygens (including phenoxy) is 3. The van der Waals surface area contributed by atoms with Gasteiger partial charge in [0, 0.05) is 45.7 Å². The van der Waals surface area contributed by atoms with Gasteiger partial charge in [-0.2, -0.15) is 0 Å². The molecule has 0 aromatic carbocycles. The van der Waals surface area contributed by atoms with Gasteiger partial charge >= 0.3 is 0 Å². The molecule has 2 aliphatic heterocycles. The van der Waals surface area contributed by atoms with E-state index < -0.39 is 35.3 Å². The van der Waals surface area contributed by atoms with Gasteiger partial charge in [-0.15, -0.1) is 11.6 Å². The molecule has 0 aromatic heterocycles. The highest BCUT2D eigenvalue weighted by Gasteiger charge is 2.71. The molecule has 0 amide bonds. The Morgan fingerprint density at radius 1 is 1.18 bits per heavy atom. The molecule has 9 heteroatoms. The lowest BCUT2D eigenvalue weighted by atomic mass is 9.60. The van der Waals surface area contributed by atoms with Gasteiger partial charge in [-0.3, -0.25) is 10.2 Å². The van der Waals surface area contributed by atoms with E-state index in [0.717, 1.165) is 12.8 Å². The van der Waals surface area contributed by atoms with Crippen LogP contribution in [0.1, 0.15) is 45.4 Å². The highest BCUT2D eigenvalue weighted by molar-refractivity contribution is 6.22. The Balaban J connectivity index is 1.48. The minimum atomic E-state index is -1.31. The SMILES string of the molecule is COC1CC(OC)C2C(=O)[C@@]3(OC2C1Cl)C(O)C1C(C[C@H]3C)NN(C)C1C1CCC(F)CC1. The van der Waals surface area contributed by atoms with E-state index in [9.17, 15) is 14.3 Å². The minimum Gasteiger partial charge on any atom is -0.389 e. The van der Waals surface area contributed by atoms with Gasteiger partial charge in [0.2, 0.25) is 0 Å². The minimum absolute atomic E-state index is 0.0256. The Morgan fingerprint density at radius 2 is 1.85 bits per heavy atom. The molecule has 11 atom stereocenters. The number of hydrazine groups is 1. The number of aliphatic hydroxyl groups excluding tert-OH is 1. The van der Waals surface area contributed by atoms with Crippen molar-refractivity contribution < 1.29 is 28.5 Å². The van der Waals surface area contributed by atoms with E-state index in [2.05, 4.69) is 10.4 Å². The van der Waals surface area contributed by atoms with E-state index in [1.54, 1.807) is 14.2 Å². The van der Waals surface area contributed by atoms with Gasteiger partial charge in [0.05, 0.1) is 35.7 Å². The number of halogens is 2. The summed E-state index contributed by atoms with van der Waals surface area (Å²) in [5.41, 5.74) is 2.23. The summed E-state index contributed by atoms with van der Waals surface area (Å²) in [6.07, 6.45) is 1.02. The van der Waals surface area contributed by atoms with Crippen LogP contribution in [-0.4, -0.2) is 90.8 Å². The lowest BCUT2D eigenvalue weighted by Gasteiger charge is -2.49. The summed E-state index contributed by atoms with van der Waals surface area (Å²) < 4.78 is 31.8. The van der Waals surface area contributed by atoms with Crippen LogP contribution in [0.15, 0.2) is 0 Å². The standard InChI is InChI=1S/C24H38ClFN2O5/c1-11-9-14-17(20(28(2)27-14)12-5-7-13(26)8-6-12)22(29)24(11)23(30)18-15(31-3)10-16(32-4)19(25)21(18)33-24/h11-22,27,29H,5-10H2,1-4H3/t11-,12?,13?,14?,15?,16?,17?,18?,19?,20?,21?,22?,24+/m1/s1. The second kappa shape index (κ2) is 8.95. The number of alkyl halides is 2. The van der Waals surface area contributed by atoms with E-state index in [4.69, 9.17) is 25.8 Å². The summed E-state index contributed by atoms with van der Waals surface area (Å²) in [6, 6.07) is 0.0761. The lowest BCUT2D eigenvalue weighted by Crippen LogP contribution is -2.64. The third kappa shape index (κ3) is 3.54. The number of hydrogen-bond acceptors (Lipinski definition) is 7. The Hall–Kier alpha value is -0.350. The van der Waals surface area contributed by atoms with Crippen LogP contribution in [0.4, 0.5) is 4.39 Å². The van der Waals surface area contributed by atoms with Crippen LogP contribution in [0.2, 0.25) is 0 Å². The van der Waals surface area contributed by atoms with Crippen LogP contribution in [-0.2, 0) is 19.0 Å². The molecule has 2 saturated heterocycles. The van der Waals surface area contributed by atoms with Crippen LogP contribution in [0.25, 0.3) is 0 Å². The van der Waals surface area contributed by atoms with Gasteiger partial charge in [0.1, 0.15) is 6.17 Å². The molecule has 5 rings (SSSR count). The number of rotatable bonds is 3. The topological polar surface area (TPSA) is 80.3 Å². The molecule has 0 aromatic rings. The van der Waals surface area contributed by atoms with E-state index in [-0.39, 0.29) is 47.8 Å². The molecule has 188 valence electrons. The third-order valence-corrected chi connectivity index (χ3v) is 10.0. The second-order valence-corrected chi connectivity index (χ2v) is 11.5. The molecule has 5 fully saturated rings. The average Bonchev–Trinajstić information content (AvgIpc) is 3.29. The highest BCUT2D eigenvalue weighted by atomic mass is 35.5. The van der Waals surface area contributed by atoms with Crippen molar-refractivity contribution in [2.75, 3.05) is 21.3 Å². The number of carbonyl (C=O) groups is 1. The number of nitrogens with one attached hydrogen (secondary N) is 1. The van der Waals surface area contributed by atoms with Crippen molar-refractivity contribution in [3.05, 3.63) is 0 Å². The predicted molar refractivity (Wildman–Crippen MR) is 121 cm³/mol. The van der Waals surface area contributed by atoms with Gasteiger partial charge in [-0.1, -0.05) is 6.92 Å². The number of Topliss-reactive ketones (excluding diaryl/α,β-unsaturated/α-hetero) is 1. The molecule has 0 radical (unpaired) electrons. The summed E-state index contributed by atoms with van der Waals surface area (Å²) >= 11 is 6.77. The van der Waals surface area contributed by atoms with Crippen LogP contribution in [0, 0.1) is 23.7 Å². The lowest BCUT2D eigenvalue weighted by molar-refractivity contribution is -0.195. The largest absolute Gasteiger partial charge is 0.389 e. The average molecular weight is 489 g/mol. The monoisotopic (exact) mass is 488 g/mol. The Bertz CT molecular complexity index is 754. The zero-order chi connectivity index (χ0) is 23.7. The number of carbonyl (C=O) groups excluding carboxylic acids is 1. The molecule has 9 unspecified atom stereocenters. The van der Waals surface area contributed by atoms with Crippen molar-refractivity contribution in [1.82, 2.24) is 10.4 Å². The summed E-state index contributed by atoms with van der Waals surface area (Å²) in [6.45, 7) is 2.00. The summed E-state index contributed by atoms with van der Waals surface area (Å²) in [7, 11) is 5.22. The van der Waals surface area contributed by atoms with Crippen LogP contribution >= 0.6 is 11.6 Å². The molecule has 2 heterocycles. The molecular formula is C24H38ClFN2O5. The van der Waals surface area contributed by atoms with Gasteiger partial charge in [0.15, 0.2) is 11.4 Å². The van der Waals surface area contributed by atoms with Crippen molar-refractivity contribution in [2.45, 2.75) is 99.1 Å². The fourth-order valence-electron chi connectivity index (χ4n) is 7.90. The Labute approximate surface area is 200 Å². The molecule has 7 nitrogen and oxygen atoms in total. The first-order valence-corrected chi connectivity index (χ1v) is 12.9. The van der Waals surface area contributed by atoms with Crippen LogP contribution in [0.5, 0.6) is 0 Å². The maximum Gasteiger partial charge on any atom is 0.175 e. The molecule has 3 saturated carbocycles. The van der Waals surface area contributed by atoms with E-state index in [0.29, 0.717) is 25.7 Å². The van der Waals surface area contributed by atoms with Crippen molar-refractivity contribution in [3.63, 3.8) is 0 Å². The number of fused-ring (bicyclic) bond motifs is 2. The highest BCUT2D eigenvalue weighted by Crippen LogP contribution is 2.55. The van der Waals surface area contributed by atoms with E-state index >= 15 is 0 Å². The number of methoxy groups -OCH3 is 2. The van der Waals surface area contributed by atoms with Crippen LogP contribution in [0.3, 0.4) is 0 Å². The second-order valence-electron chi connectivity index (χ2n) is 11.0. The Kier molecular flexibility index (Phi) is 6.60. The predicted octanol–water partition coefficient (Wildman–Crippen LogP) is 2.08. The van der Waals surface area contributed by atoms with E-state index in [1.165, 1.54) is 0 Å². The molecular weight excluding hydrogens is 451 g/mol. The van der Waals surface area contributed by atoms with Gasteiger partial charge < -0.3 is 19.3 Å². The number of hydrogen-bond donors (Lipinski definition) is 2. The zero-order valence-corrected chi connectivity index (χ0v) is 20.7. The van der Waals surface area contributed by atoms with E-state index in [1.807, 2.05) is 14.0 Å². The summed E-state index contributed by atoms with van der Waals surface area (Å²) in [4.78, 5) is 14.1. The molecule has 33 heavy (non-hydrogen) atoms. The van der Waals surface area contributed by atoms with Crippen molar-refractivity contribution in [2.24, 2.45) is 23.7 Å². The number of aliphatic hydroxyl groups is 1. The van der Waals surface area contributed by atoms with Gasteiger partial charge in [-0.25, -0.2) is 9.40 Å². The first-order chi connectivity index (χ1) is 15.7. The van der Waals surface area contributed by atoms with Gasteiger partial charge in [-0.05, 0) is 43.9 Å². The fourth-order valence-corrected chi connectivity index (χ4v) is 8.31. The maximum absolute atomic E-state index is 14.1. The summed E-state index contributed by atoms with van der Waals surface area (Å²) in [5, 5.41) is 13.6.